The number of nitrogens with zero attached hydrogens (tertiary/aromatic N) is 1. The van der Waals surface area contributed by atoms with Crippen LogP contribution in [-0.2, 0) is 0 Å². The second kappa shape index (κ2) is 2.80. The van der Waals surface area contributed by atoms with Crippen LogP contribution in [0.3, 0.4) is 0 Å². The molecule has 0 unspecified atom stereocenters. The first-order valence-electron chi connectivity index (χ1n) is 3.08. The van der Waals surface area contributed by atoms with Crippen LogP contribution in [0.2, 0.25) is 15.4 Å². The van der Waals surface area contributed by atoms with Crippen molar-refractivity contribution in [3.63, 3.8) is 0 Å². The van der Waals surface area contributed by atoms with Crippen LogP contribution < -0.4 is 0 Å². The Morgan fingerprint density at radius 3 is 2.50 bits per heavy atom. The monoisotopic (exact) mass is 221 g/mol. The average molecular weight is 222 g/mol. The molecule has 0 spiro atoms. The van der Waals surface area contributed by atoms with Crippen molar-refractivity contribution in [2.24, 2.45) is 0 Å². The lowest BCUT2D eigenvalue weighted by Gasteiger charge is -1.91. The summed E-state index contributed by atoms with van der Waals surface area (Å²) in [6, 6.07) is 3.19. The van der Waals surface area contributed by atoms with Gasteiger partial charge in [0.1, 0.15) is 5.52 Å². The summed E-state index contributed by atoms with van der Waals surface area (Å²) in [5, 5.41) is 0.953. The van der Waals surface area contributed by atoms with Gasteiger partial charge in [-0.15, -0.1) is 0 Å². The normalized spacial score (nSPS) is 10.9. The molecule has 0 bridgehead atoms. The fraction of sp³-hybridized carbons (Fsp3) is 0. The van der Waals surface area contributed by atoms with Crippen LogP contribution in [0.1, 0.15) is 0 Å². The molecule has 0 saturated carbocycles. The Bertz CT molecular complexity index is 398. The zero-order valence-electron chi connectivity index (χ0n) is 5.64. The molecule has 2 rings (SSSR count). The molecule has 0 N–H and O–H groups in total. The number of benzene rings is 1. The second-order valence-corrected chi connectivity index (χ2v) is 3.34. The van der Waals surface area contributed by atoms with Gasteiger partial charge in [-0.05, 0) is 17.7 Å². The van der Waals surface area contributed by atoms with Gasteiger partial charge in [-0.1, -0.05) is 23.2 Å². The maximum atomic E-state index is 5.74. The smallest absolute Gasteiger partial charge is 0.293 e. The summed E-state index contributed by atoms with van der Waals surface area (Å²) < 4.78 is 5.01. The van der Waals surface area contributed by atoms with E-state index < -0.39 is 0 Å². The van der Waals surface area contributed by atoms with Crippen LogP contribution in [0.25, 0.3) is 11.1 Å². The van der Waals surface area contributed by atoms with E-state index in [0.717, 1.165) is 0 Å². The van der Waals surface area contributed by atoms with Crippen molar-refractivity contribution in [3.8, 4) is 0 Å². The molecule has 0 atom stereocenters. The Morgan fingerprint density at radius 2 is 1.75 bits per heavy atom. The Labute approximate surface area is 83.0 Å². The van der Waals surface area contributed by atoms with Crippen LogP contribution in [0.15, 0.2) is 16.5 Å². The number of aromatic nitrogens is 1. The van der Waals surface area contributed by atoms with Gasteiger partial charge >= 0.3 is 0 Å². The Balaban J connectivity index is 2.83. The number of rotatable bonds is 0. The van der Waals surface area contributed by atoms with E-state index in [4.69, 9.17) is 39.2 Å². The zero-order valence-corrected chi connectivity index (χ0v) is 7.91. The first-order chi connectivity index (χ1) is 5.66. The largest absolute Gasteiger partial charge is 0.428 e. The van der Waals surface area contributed by atoms with Gasteiger partial charge < -0.3 is 4.42 Å². The molecule has 12 heavy (non-hydrogen) atoms. The molecule has 1 heterocycles. The van der Waals surface area contributed by atoms with Gasteiger partial charge in [0.15, 0.2) is 5.58 Å². The Hall–Kier alpha value is -0.440. The van der Waals surface area contributed by atoms with E-state index in [0.29, 0.717) is 21.1 Å². The maximum Gasteiger partial charge on any atom is 0.293 e. The highest BCUT2D eigenvalue weighted by Gasteiger charge is 2.06. The van der Waals surface area contributed by atoms with Crippen molar-refractivity contribution in [2.45, 2.75) is 0 Å². The van der Waals surface area contributed by atoms with Crippen LogP contribution in [-0.4, -0.2) is 4.98 Å². The summed E-state index contributed by atoms with van der Waals surface area (Å²) in [6.07, 6.45) is 0. The van der Waals surface area contributed by atoms with Crippen LogP contribution in [0.4, 0.5) is 0 Å². The highest BCUT2D eigenvalue weighted by atomic mass is 35.5. The number of hydrogen-bond donors (Lipinski definition) is 0. The van der Waals surface area contributed by atoms with Gasteiger partial charge in [0.2, 0.25) is 0 Å². The maximum absolute atomic E-state index is 5.74. The molecule has 1 aromatic carbocycles. The highest BCUT2D eigenvalue weighted by Crippen LogP contribution is 2.28. The first-order valence-corrected chi connectivity index (χ1v) is 4.21. The third-order valence-corrected chi connectivity index (χ3v) is 2.29. The quantitative estimate of drug-likeness (QED) is 0.678. The fourth-order valence-corrected chi connectivity index (χ4v) is 1.38. The van der Waals surface area contributed by atoms with E-state index in [1.54, 1.807) is 12.1 Å². The molecule has 0 radical (unpaired) electrons. The van der Waals surface area contributed by atoms with E-state index in [1.165, 1.54) is 0 Å². The predicted octanol–water partition coefficient (Wildman–Crippen LogP) is 3.79. The molecule has 0 aliphatic rings. The lowest BCUT2D eigenvalue weighted by molar-refractivity contribution is 0.604. The standard InChI is InChI=1S/C7H2Cl3NO/c8-3-1-5-6(2-4(3)9)12-7(10)11-5/h1-2H. The number of halogens is 3. The van der Waals surface area contributed by atoms with Crippen molar-refractivity contribution in [1.82, 2.24) is 4.98 Å². The van der Waals surface area contributed by atoms with Crippen molar-refractivity contribution in [3.05, 3.63) is 27.5 Å². The molecule has 2 aromatic rings. The summed E-state index contributed by atoms with van der Waals surface area (Å²) in [6.45, 7) is 0. The minimum Gasteiger partial charge on any atom is -0.428 e. The van der Waals surface area contributed by atoms with Crippen molar-refractivity contribution in [2.75, 3.05) is 0 Å². The number of oxazole rings is 1. The third-order valence-electron chi connectivity index (χ3n) is 1.40. The molecule has 0 aliphatic carbocycles. The lowest BCUT2D eigenvalue weighted by Crippen LogP contribution is -1.70. The summed E-state index contributed by atoms with van der Waals surface area (Å²) in [7, 11) is 0. The summed E-state index contributed by atoms with van der Waals surface area (Å²) in [4.78, 5) is 3.87. The minimum absolute atomic E-state index is 0.0864. The summed E-state index contributed by atoms with van der Waals surface area (Å²) >= 11 is 17.0. The summed E-state index contributed by atoms with van der Waals surface area (Å²) in [5.74, 6) is 0. The van der Waals surface area contributed by atoms with E-state index in [-0.39, 0.29) is 5.35 Å². The van der Waals surface area contributed by atoms with Crippen molar-refractivity contribution in [1.29, 1.82) is 0 Å². The highest BCUT2D eigenvalue weighted by molar-refractivity contribution is 6.42. The van der Waals surface area contributed by atoms with Crippen LogP contribution in [0.5, 0.6) is 0 Å². The predicted molar refractivity (Wildman–Crippen MR) is 49.0 cm³/mol. The first kappa shape index (κ1) is 8.17. The molecular weight excluding hydrogens is 220 g/mol. The van der Waals surface area contributed by atoms with Gasteiger partial charge in [-0.2, -0.15) is 4.98 Å². The molecule has 0 aliphatic heterocycles. The van der Waals surface area contributed by atoms with Crippen molar-refractivity contribution < 1.29 is 4.42 Å². The molecule has 0 fully saturated rings. The van der Waals surface area contributed by atoms with E-state index >= 15 is 0 Å². The van der Waals surface area contributed by atoms with Crippen LogP contribution >= 0.6 is 34.8 Å². The van der Waals surface area contributed by atoms with Crippen molar-refractivity contribution >= 4 is 45.9 Å². The SMILES string of the molecule is Clc1nc2cc(Cl)c(Cl)cc2o1. The van der Waals surface area contributed by atoms with Gasteiger partial charge in [-0.3, -0.25) is 0 Å². The molecule has 62 valence electrons. The molecule has 5 heteroatoms. The second-order valence-electron chi connectivity index (χ2n) is 2.20. The molecular formula is C7H2Cl3NO. The average Bonchev–Trinajstić information content (AvgIpc) is 2.30. The molecule has 0 saturated heterocycles. The Kier molecular flexibility index (Phi) is 1.91. The molecule has 0 amide bonds. The molecule has 2 nitrogen and oxygen atoms in total. The van der Waals surface area contributed by atoms with Gasteiger partial charge in [-0.25, -0.2) is 0 Å². The van der Waals surface area contributed by atoms with Gasteiger partial charge in [0, 0.05) is 6.07 Å². The Morgan fingerprint density at radius 1 is 1.08 bits per heavy atom. The van der Waals surface area contributed by atoms with Gasteiger partial charge in [0.05, 0.1) is 10.0 Å². The number of hydrogen-bond acceptors (Lipinski definition) is 2. The van der Waals surface area contributed by atoms with E-state index in [9.17, 15) is 0 Å². The minimum atomic E-state index is 0.0864. The lowest BCUT2D eigenvalue weighted by atomic mass is 10.3. The van der Waals surface area contributed by atoms with Crippen LogP contribution in [0, 0.1) is 0 Å². The number of fused-ring (bicyclic) bond motifs is 1. The summed E-state index contributed by atoms with van der Waals surface area (Å²) in [5.41, 5.74) is 1.14. The topological polar surface area (TPSA) is 26.0 Å². The van der Waals surface area contributed by atoms with E-state index in [1.807, 2.05) is 0 Å². The third kappa shape index (κ3) is 1.26. The zero-order chi connectivity index (χ0) is 8.72. The van der Waals surface area contributed by atoms with Gasteiger partial charge in [0.25, 0.3) is 5.35 Å². The fourth-order valence-electron chi connectivity index (χ4n) is 0.895. The van der Waals surface area contributed by atoms with E-state index in [2.05, 4.69) is 4.98 Å². The molecule has 1 aromatic heterocycles.